The third-order valence-corrected chi connectivity index (χ3v) is 4.64. The van der Waals surface area contributed by atoms with E-state index in [1.165, 1.54) is 29.0 Å². The van der Waals surface area contributed by atoms with Crippen LogP contribution in [0.3, 0.4) is 0 Å². The molecule has 0 aliphatic rings. The van der Waals surface area contributed by atoms with Gasteiger partial charge in [-0.25, -0.2) is 18.2 Å². The first kappa shape index (κ1) is 20.6. The highest BCUT2D eigenvalue weighted by Crippen LogP contribution is 2.13. The van der Waals surface area contributed by atoms with Gasteiger partial charge in [0.15, 0.2) is 5.69 Å². The average molecular weight is 413 g/mol. The van der Waals surface area contributed by atoms with Crippen LogP contribution in [0.5, 0.6) is 0 Å². The van der Waals surface area contributed by atoms with Crippen LogP contribution in [0.2, 0.25) is 0 Å². The number of fused-ring (bicyclic) bond motifs is 1. The molecule has 144 valence electrons. The van der Waals surface area contributed by atoms with Gasteiger partial charge in [0, 0.05) is 6.07 Å². The van der Waals surface area contributed by atoms with E-state index in [0.717, 1.165) is 5.56 Å². The van der Waals surface area contributed by atoms with Crippen molar-refractivity contribution in [3.05, 3.63) is 47.9 Å². The number of carbonyl (C=O) groups excluding carboxylic acids is 1. The molecule has 0 fully saturated rings. The number of sulfonamides is 1. The summed E-state index contributed by atoms with van der Waals surface area (Å²) in [6.45, 7) is 3.71. The summed E-state index contributed by atoms with van der Waals surface area (Å²) in [7, 11) is -3.83. The molecule has 0 bridgehead atoms. The number of aryl methyl sites for hydroxylation is 1. The molecule has 12 heteroatoms. The number of anilines is 1. The van der Waals surface area contributed by atoms with E-state index in [-0.39, 0.29) is 41.2 Å². The Morgan fingerprint density at radius 1 is 1.26 bits per heavy atom. The normalized spacial score (nSPS) is 11.0. The van der Waals surface area contributed by atoms with Gasteiger partial charge < -0.3 is 4.74 Å². The second-order valence-electron chi connectivity index (χ2n) is 5.26. The minimum absolute atomic E-state index is 0. The highest BCUT2D eigenvalue weighted by Gasteiger charge is 2.17. The first-order valence-electron chi connectivity index (χ1n) is 7.63. The van der Waals surface area contributed by atoms with Gasteiger partial charge in [-0.15, -0.1) is 17.2 Å². The molecule has 2 N–H and O–H groups in total. The van der Waals surface area contributed by atoms with E-state index in [1.807, 2.05) is 6.92 Å². The predicted molar refractivity (Wildman–Crippen MR) is 99.1 cm³/mol. The fourth-order valence-corrected chi connectivity index (χ4v) is 2.96. The molecule has 27 heavy (non-hydrogen) atoms. The summed E-state index contributed by atoms with van der Waals surface area (Å²) in [6.07, 6.45) is 1.23. The van der Waals surface area contributed by atoms with E-state index >= 15 is 0 Å². The molecule has 0 atom stereocenters. The molecule has 2 aromatic heterocycles. The monoisotopic (exact) mass is 412 g/mol. The maximum absolute atomic E-state index is 12.4. The molecule has 3 aromatic rings. The maximum Gasteiger partial charge on any atom is 0.357 e. The van der Waals surface area contributed by atoms with E-state index in [0.29, 0.717) is 0 Å². The number of rotatable bonds is 6. The highest BCUT2D eigenvalue weighted by atomic mass is 35.5. The number of esters is 1. The average Bonchev–Trinajstić information content (AvgIpc) is 3.09. The van der Waals surface area contributed by atoms with Crippen LogP contribution >= 0.6 is 12.4 Å². The van der Waals surface area contributed by atoms with E-state index in [1.54, 1.807) is 19.1 Å². The Morgan fingerprint density at radius 2 is 1.96 bits per heavy atom. The Bertz CT molecular complexity index is 1050. The van der Waals surface area contributed by atoms with Gasteiger partial charge >= 0.3 is 5.97 Å². The SMILES string of the molecule is CCOC(=O)c1cc(NNS(=O)(=O)c2ccc(C)cc2)n2ncnc2n1.Cl. The summed E-state index contributed by atoms with van der Waals surface area (Å²) < 4.78 is 30.9. The lowest BCUT2D eigenvalue weighted by atomic mass is 10.2. The minimum atomic E-state index is -3.83. The van der Waals surface area contributed by atoms with E-state index in [2.05, 4.69) is 25.3 Å². The number of nitrogens with zero attached hydrogens (tertiary/aromatic N) is 4. The fourth-order valence-electron chi connectivity index (χ4n) is 2.11. The largest absolute Gasteiger partial charge is 0.461 e. The molecule has 0 unspecified atom stereocenters. The van der Waals surface area contributed by atoms with Gasteiger partial charge in [0.05, 0.1) is 11.5 Å². The maximum atomic E-state index is 12.4. The molecule has 2 heterocycles. The summed E-state index contributed by atoms with van der Waals surface area (Å²) in [5.41, 5.74) is 3.45. The van der Waals surface area contributed by atoms with Crippen molar-refractivity contribution < 1.29 is 17.9 Å². The lowest BCUT2D eigenvalue weighted by molar-refractivity contribution is 0.0519. The number of hydrogen-bond donors (Lipinski definition) is 2. The van der Waals surface area contributed by atoms with Crippen molar-refractivity contribution in [3.8, 4) is 0 Å². The number of hydrogen-bond acceptors (Lipinski definition) is 8. The molecule has 0 radical (unpaired) electrons. The zero-order chi connectivity index (χ0) is 18.7. The van der Waals surface area contributed by atoms with Gasteiger partial charge in [0.1, 0.15) is 12.1 Å². The molecule has 3 rings (SSSR count). The number of benzene rings is 1. The number of carbonyl (C=O) groups is 1. The predicted octanol–water partition coefficient (Wildman–Crippen LogP) is 1.34. The number of hydrazine groups is 1. The second kappa shape index (κ2) is 8.29. The molecule has 0 saturated heterocycles. The lowest BCUT2D eigenvalue weighted by Crippen LogP contribution is -2.31. The first-order valence-corrected chi connectivity index (χ1v) is 9.11. The summed E-state index contributed by atoms with van der Waals surface area (Å²) in [5, 5.41) is 3.94. The van der Waals surface area contributed by atoms with Crippen molar-refractivity contribution in [2.45, 2.75) is 18.7 Å². The van der Waals surface area contributed by atoms with Crippen LogP contribution in [0.4, 0.5) is 5.82 Å². The van der Waals surface area contributed by atoms with Crippen LogP contribution in [-0.2, 0) is 14.8 Å². The lowest BCUT2D eigenvalue weighted by Gasteiger charge is -2.11. The van der Waals surface area contributed by atoms with Crippen LogP contribution in [0.1, 0.15) is 23.0 Å². The third kappa shape index (κ3) is 4.51. The second-order valence-corrected chi connectivity index (χ2v) is 6.94. The molecule has 10 nitrogen and oxygen atoms in total. The Kier molecular flexibility index (Phi) is 6.31. The van der Waals surface area contributed by atoms with Gasteiger partial charge in [0.2, 0.25) is 0 Å². The summed E-state index contributed by atoms with van der Waals surface area (Å²) >= 11 is 0. The van der Waals surface area contributed by atoms with Gasteiger partial charge in [-0.05, 0) is 26.0 Å². The van der Waals surface area contributed by atoms with E-state index in [4.69, 9.17) is 4.74 Å². The summed E-state index contributed by atoms with van der Waals surface area (Å²) in [4.78, 5) is 22.2. The summed E-state index contributed by atoms with van der Waals surface area (Å²) in [6, 6.07) is 7.67. The van der Waals surface area contributed by atoms with E-state index in [9.17, 15) is 13.2 Å². The highest BCUT2D eigenvalue weighted by molar-refractivity contribution is 7.89. The molecule has 0 aliphatic carbocycles. The van der Waals surface area contributed by atoms with Crippen molar-refractivity contribution >= 4 is 40.0 Å². The molecule has 0 aliphatic heterocycles. The number of aromatic nitrogens is 4. The van der Waals surface area contributed by atoms with Crippen molar-refractivity contribution in [2.24, 2.45) is 0 Å². The number of ether oxygens (including phenoxy) is 1. The van der Waals surface area contributed by atoms with Gasteiger partial charge in [-0.1, -0.05) is 17.7 Å². The summed E-state index contributed by atoms with van der Waals surface area (Å²) in [5.74, 6) is -0.374. The Hall–Kier alpha value is -2.76. The third-order valence-electron chi connectivity index (χ3n) is 3.38. The quantitative estimate of drug-likeness (QED) is 0.458. The molecule has 0 amide bonds. The van der Waals surface area contributed by atoms with Crippen LogP contribution in [-0.4, -0.2) is 40.6 Å². The number of halogens is 1. The molecule has 0 saturated carbocycles. The zero-order valence-electron chi connectivity index (χ0n) is 14.4. The Morgan fingerprint density at radius 3 is 2.63 bits per heavy atom. The van der Waals surface area contributed by atoms with Crippen LogP contribution in [0, 0.1) is 6.92 Å². The van der Waals surface area contributed by atoms with Gasteiger partial charge in [-0.2, -0.15) is 14.6 Å². The van der Waals surface area contributed by atoms with Gasteiger partial charge in [-0.3, -0.25) is 5.43 Å². The molecule has 1 aromatic carbocycles. The van der Waals surface area contributed by atoms with E-state index < -0.39 is 16.0 Å². The van der Waals surface area contributed by atoms with Crippen LogP contribution in [0.25, 0.3) is 5.78 Å². The van der Waals surface area contributed by atoms with Crippen LogP contribution in [0.15, 0.2) is 41.6 Å². The smallest absolute Gasteiger partial charge is 0.357 e. The van der Waals surface area contributed by atoms with Gasteiger partial charge in [0.25, 0.3) is 15.8 Å². The first-order chi connectivity index (χ1) is 12.4. The van der Waals surface area contributed by atoms with Crippen molar-refractivity contribution in [1.82, 2.24) is 24.4 Å². The van der Waals surface area contributed by atoms with Crippen molar-refractivity contribution in [1.29, 1.82) is 0 Å². The van der Waals surface area contributed by atoms with Crippen molar-refractivity contribution in [3.63, 3.8) is 0 Å². The Labute approximate surface area is 161 Å². The van der Waals surface area contributed by atoms with Crippen molar-refractivity contribution in [2.75, 3.05) is 12.0 Å². The molecule has 0 spiro atoms. The van der Waals surface area contributed by atoms with Crippen LogP contribution < -0.4 is 10.3 Å². The minimum Gasteiger partial charge on any atom is -0.461 e. The molecular weight excluding hydrogens is 396 g/mol. The standard InChI is InChI=1S/C15H16N6O4S.ClH/c1-3-25-14(22)12-8-13(21-15(18-12)16-9-17-21)19-20-26(23,24)11-6-4-10(2)5-7-11;/h4-9,19-20H,3H2,1-2H3;1H. The topological polar surface area (TPSA) is 128 Å². The fraction of sp³-hybridized carbons (Fsp3) is 0.200. The molecular formula is C15H17ClN6O4S. The zero-order valence-corrected chi connectivity index (χ0v) is 16.0. The number of nitrogens with one attached hydrogen (secondary N) is 2. The Balaban J connectivity index is 0.00000261.